The number of hydrogen-bond acceptors (Lipinski definition) is 3. The largest absolute Gasteiger partial charge is 0.463 e. The third kappa shape index (κ3) is 2.77. The molecule has 5 nitrogen and oxygen atoms in total. The van der Waals surface area contributed by atoms with Gasteiger partial charge in [-0.1, -0.05) is 15.9 Å². The van der Waals surface area contributed by atoms with Gasteiger partial charge in [-0.05, 0) is 38.0 Å². The zero-order chi connectivity index (χ0) is 15.0. The zero-order valence-electron chi connectivity index (χ0n) is 12.2. The lowest BCUT2D eigenvalue weighted by Gasteiger charge is -2.20. The van der Waals surface area contributed by atoms with Crippen LogP contribution >= 0.6 is 15.9 Å². The highest BCUT2D eigenvalue weighted by Crippen LogP contribution is 2.28. The highest BCUT2D eigenvalue weighted by atomic mass is 79.9. The molecule has 1 aliphatic rings. The standard InChI is InChI=1S/C15H18BrN3O2/c1-10(15(20)19-7-3-4-8-19)21-14-12-9-11(16)5-6-13(12)18(2)17-14/h5-6,9-10H,3-4,7-8H2,1-2H3. The lowest BCUT2D eigenvalue weighted by Crippen LogP contribution is -2.38. The van der Waals surface area contributed by atoms with Gasteiger partial charge in [0.1, 0.15) is 0 Å². The van der Waals surface area contributed by atoms with Crippen LogP contribution in [0.4, 0.5) is 0 Å². The number of carbonyl (C=O) groups excluding carboxylic acids is 1. The number of fused-ring (bicyclic) bond motifs is 1. The predicted molar refractivity (Wildman–Crippen MR) is 84.3 cm³/mol. The molecule has 0 aliphatic carbocycles. The Balaban J connectivity index is 1.84. The number of aryl methyl sites for hydroxylation is 1. The molecule has 0 spiro atoms. The fourth-order valence-corrected chi connectivity index (χ4v) is 3.07. The van der Waals surface area contributed by atoms with Gasteiger partial charge in [-0.25, -0.2) is 0 Å². The maximum Gasteiger partial charge on any atom is 0.263 e. The molecule has 1 saturated heterocycles. The van der Waals surface area contributed by atoms with E-state index < -0.39 is 6.10 Å². The number of hydrogen-bond donors (Lipinski definition) is 0. The van der Waals surface area contributed by atoms with Crippen LogP contribution in [0.3, 0.4) is 0 Å². The maximum atomic E-state index is 12.3. The summed E-state index contributed by atoms with van der Waals surface area (Å²) in [6, 6.07) is 5.91. The third-order valence-corrected chi connectivity index (χ3v) is 4.33. The molecule has 6 heteroatoms. The fourth-order valence-electron chi connectivity index (χ4n) is 2.71. The van der Waals surface area contributed by atoms with Crippen molar-refractivity contribution in [1.82, 2.24) is 14.7 Å². The van der Waals surface area contributed by atoms with Crippen molar-refractivity contribution in [2.75, 3.05) is 13.1 Å². The molecular weight excluding hydrogens is 334 g/mol. The molecule has 1 atom stereocenters. The topological polar surface area (TPSA) is 47.4 Å². The highest BCUT2D eigenvalue weighted by Gasteiger charge is 2.25. The highest BCUT2D eigenvalue weighted by molar-refractivity contribution is 9.10. The summed E-state index contributed by atoms with van der Waals surface area (Å²) in [4.78, 5) is 14.2. The second kappa shape index (κ2) is 5.67. The van der Waals surface area contributed by atoms with Crippen molar-refractivity contribution in [2.45, 2.75) is 25.9 Å². The van der Waals surface area contributed by atoms with E-state index in [1.54, 1.807) is 11.6 Å². The Morgan fingerprint density at radius 2 is 2.10 bits per heavy atom. The van der Waals surface area contributed by atoms with Crippen LogP contribution in [0.15, 0.2) is 22.7 Å². The van der Waals surface area contributed by atoms with E-state index in [-0.39, 0.29) is 5.91 Å². The van der Waals surface area contributed by atoms with E-state index in [1.165, 1.54) is 0 Å². The summed E-state index contributed by atoms with van der Waals surface area (Å²) in [5.74, 6) is 0.551. The summed E-state index contributed by atoms with van der Waals surface area (Å²) in [7, 11) is 1.87. The Morgan fingerprint density at radius 3 is 2.81 bits per heavy atom. The zero-order valence-corrected chi connectivity index (χ0v) is 13.8. The van der Waals surface area contributed by atoms with Crippen LogP contribution in [0, 0.1) is 0 Å². The van der Waals surface area contributed by atoms with Gasteiger partial charge >= 0.3 is 0 Å². The Hall–Kier alpha value is -1.56. The molecule has 0 saturated carbocycles. The number of carbonyl (C=O) groups is 1. The first-order valence-corrected chi connectivity index (χ1v) is 7.93. The smallest absolute Gasteiger partial charge is 0.263 e. The van der Waals surface area contributed by atoms with Gasteiger partial charge in [-0.3, -0.25) is 9.48 Å². The average molecular weight is 352 g/mol. The number of ether oxygens (including phenoxy) is 1. The van der Waals surface area contributed by atoms with Gasteiger partial charge in [0.2, 0.25) is 5.88 Å². The molecule has 0 radical (unpaired) electrons. The monoisotopic (exact) mass is 351 g/mol. The van der Waals surface area contributed by atoms with Crippen molar-refractivity contribution in [3.8, 4) is 5.88 Å². The number of nitrogens with zero attached hydrogens (tertiary/aromatic N) is 3. The fraction of sp³-hybridized carbons (Fsp3) is 0.467. The third-order valence-electron chi connectivity index (χ3n) is 3.83. The van der Waals surface area contributed by atoms with E-state index in [2.05, 4.69) is 21.0 Å². The van der Waals surface area contributed by atoms with Crippen molar-refractivity contribution in [1.29, 1.82) is 0 Å². The first-order valence-electron chi connectivity index (χ1n) is 7.14. The number of benzene rings is 1. The molecule has 2 aromatic rings. The minimum atomic E-state index is -0.514. The molecule has 2 heterocycles. The van der Waals surface area contributed by atoms with Crippen LogP contribution in [-0.2, 0) is 11.8 Å². The van der Waals surface area contributed by atoms with Gasteiger partial charge < -0.3 is 9.64 Å². The molecule has 1 unspecified atom stereocenters. The molecule has 1 amide bonds. The molecule has 1 fully saturated rings. The predicted octanol–water partition coefficient (Wildman–Crippen LogP) is 2.73. The number of halogens is 1. The van der Waals surface area contributed by atoms with E-state index in [1.807, 2.05) is 30.1 Å². The summed E-state index contributed by atoms with van der Waals surface area (Å²) in [6.45, 7) is 3.46. The number of amides is 1. The average Bonchev–Trinajstić information content (AvgIpc) is 3.07. The molecule has 1 aromatic heterocycles. The second-order valence-electron chi connectivity index (χ2n) is 5.38. The van der Waals surface area contributed by atoms with Crippen molar-refractivity contribution in [3.05, 3.63) is 22.7 Å². The van der Waals surface area contributed by atoms with Crippen LogP contribution in [0.25, 0.3) is 10.9 Å². The number of rotatable bonds is 3. The molecular formula is C15H18BrN3O2. The summed E-state index contributed by atoms with van der Waals surface area (Å²) in [5, 5.41) is 5.29. The van der Waals surface area contributed by atoms with Gasteiger partial charge in [0.15, 0.2) is 6.10 Å². The summed E-state index contributed by atoms with van der Waals surface area (Å²) in [6.07, 6.45) is 1.65. The van der Waals surface area contributed by atoms with Gasteiger partial charge in [-0.15, -0.1) is 5.10 Å². The van der Waals surface area contributed by atoms with Crippen molar-refractivity contribution in [2.24, 2.45) is 7.05 Å². The van der Waals surface area contributed by atoms with Crippen LogP contribution in [0.5, 0.6) is 5.88 Å². The van der Waals surface area contributed by atoms with Gasteiger partial charge in [-0.2, -0.15) is 0 Å². The Labute approximate surface area is 132 Å². The first kappa shape index (κ1) is 14.4. The number of likely N-dealkylation sites (tertiary alicyclic amines) is 1. The van der Waals surface area contributed by atoms with Crippen LogP contribution in [0.1, 0.15) is 19.8 Å². The van der Waals surface area contributed by atoms with Gasteiger partial charge in [0.05, 0.1) is 10.9 Å². The van der Waals surface area contributed by atoms with E-state index in [9.17, 15) is 4.79 Å². The quantitative estimate of drug-likeness (QED) is 0.854. The second-order valence-corrected chi connectivity index (χ2v) is 6.30. The van der Waals surface area contributed by atoms with Crippen LogP contribution in [-0.4, -0.2) is 39.8 Å². The summed E-state index contributed by atoms with van der Waals surface area (Å²) < 4.78 is 8.57. The number of aromatic nitrogens is 2. The molecule has 1 aliphatic heterocycles. The molecule has 112 valence electrons. The Bertz CT molecular complexity index is 677. The van der Waals surface area contributed by atoms with Crippen LogP contribution < -0.4 is 4.74 Å². The molecule has 21 heavy (non-hydrogen) atoms. The SMILES string of the molecule is CC(Oc1nn(C)c2ccc(Br)cc12)C(=O)N1CCCC1. The first-order chi connectivity index (χ1) is 10.1. The van der Waals surface area contributed by atoms with E-state index in [0.29, 0.717) is 5.88 Å². The van der Waals surface area contributed by atoms with Crippen molar-refractivity contribution < 1.29 is 9.53 Å². The van der Waals surface area contributed by atoms with Crippen molar-refractivity contribution in [3.63, 3.8) is 0 Å². The summed E-state index contributed by atoms with van der Waals surface area (Å²) >= 11 is 3.46. The van der Waals surface area contributed by atoms with Gasteiger partial charge in [0, 0.05) is 24.6 Å². The summed E-state index contributed by atoms with van der Waals surface area (Å²) in [5.41, 5.74) is 0.981. The molecule has 0 N–H and O–H groups in total. The van der Waals surface area contributed by atoms with E-state index in [0.717, 1.165) is 41.3 Å². The van der Waals surface area contributed by atoms with Crippen LogP contribution in [0.2, 0.25) is 0 Å². The Morgan fingerprint density at radius 1 is 1.38 bits per heavy atom. The normalized spacial score (nSPS) is 16.4. The minimum absolute atomic E-state index is 0.0429. The molecule has 1 aromatic carbocycles. The lowest BCUT2D eigenvalue weighted by molar-refractivity contribution is -0.136. The van der Waals surface area contributed by atoms with Crippen molar-refractivity contribution >= 4 is 32.7 Å². The van der Waals surface area contributed by atoms with E-state index >= 15 is 0 Å². The molecule has 3 rings (SSSR count). The lowest BCUT2D eigenvalue weighted by atomic mass is 10.2. The maximum absolute atomic E-state index is 12.3. The molecule has 0 bridgehead atoms. The van der Waals surface area contributed by atoms with E-state index in [4.69, 9.17) is 4.74 Å². The minimum Gasteiger partial charge on any atom is -0.463 e. The van der Waals surface area contributed by atoms with Gasteiger partial charge in [0.25, 0.3) is 5.91 Å². The Kier molecular flexibility index (Phi) is 3.89.